The number of H-pyrrole nitrogens is 1. The van der Waals surface area contributed by atoms with E-state index in [1.54, 1.807) is 24.4 Å². The van der Waals surface area contributed by atoms with Crippen LogP contribution in [0.1, 0.15) is 22.6 Å². The number of aliphatic hydroxyl groups excluding tert-OH is 1. The van der Waals surface area contributed by atoms with Gasteiger partial charge in [-0.2, -0.15) is 4.68 Å². The fourth-order valence-electron chi connectivity index (χ4n) is 4.06. The quantitative estimate of drug-likeness (QED) is 0.404. The van der Waals surface area contributed by atoms with E-state index in [1.807, 2.05) is 32.0 Å². The Morgan fingerprint density at radius 3 is 2.51 bits per heavy atom. The molecule has 0 unspecified atom stereocenters. The van der Waals surface area contributed by atoms with Gasteiger partial charge in [-0.3, -0.25) is 15.7 Å². The number of pyridine rings is 2. The van der Waals surface area contributed by atoms with E-state index in [2.05, 4.69) is 20.1 Å². The lowest BCUT2D eigenvalue weighted by Gasteiger charge is -2.11. The molecule has 0 saturated heterocycles. The fraction of sp³-hybridized carbons (Fsp3) is 0.160. The monoisotopic (exact) mass is 472 g/mol. The Kier molecular flexibility index (Phi) is 5.58. The number of nitrogens with zero attached hydrogens (tertiary/aromatic N) is 5. The van der Waals surface area contributed by atoms with Gasteiger partial charge >= 0.3 is 11.6 Å². The summed E-state index contributed by atoms with van der Waals surface area (Å²) in [6, 6.07) is 13.2. The molecule has 4 N–H and O–H groups in total. The lowest BCUT2D eigenvalue weighted by atomic mass is 9.99. The maximum absolute atomic E-state index is 13.7. The maximum atomic E-state index is 13.7. The number of nitrogen functional groups attached to an aromatic ring is 1. The highest BCUT2D eigenvalue weighted by Crippen LogP contribution is 2.33. The normalized spacial score (nSPS) is 11.3. The molecule has 0 radical (unpaired) electrons. The van der Waals surface area contributed by atoms with Crippen molar-refractivity contribution in [2.45, 2.75) is 27.0 Å². The average molecular weight is 473 g/mol. The SMILES string of the molecule is Cc1ccc(Cn2nc3c(-c4cc(C)nc(CO)c4)c(-c4ccc(F)cc4)[nH+]c(N)n3c2=O)nc1. The van der Waals surface area contributed by atoms with E-state index in [0.717, 1.165) is 5.56 Å². The predicted octanol–water partition coefficient (Wildman–Crippen LogP) is 2.31. The number of hydrogen-bond acceptors (Lipinski definition) is 6. The van der Waals surface area contributed by atoms with Crippen molar-refractivity contribution in [3.63, 3.8) is 0 Å². The molecule has 4 heterocycles. The highest BCUT2D eigenvalue weighted by Gasteiger charge is 2.26. The zero-order valence-electron chi connectivity index (χ0n) is 19.2. The van der Waals surface area contributed by atoms with Crippen molar-refractivity contribution in [2.24, 2.45) is 0 Å². The van der Waals surface area contributed by atoms with E-state index in [1.165, 1.54) is 21.2 Å². The number of aromatic nitrogens is 6. The molecule has 0 fully saturated rings. The number of fused-ring (bicyclic) bond motifs is 1. The number of aromatic amines is 1. The van der Waals surface area contributed by atoms with Crippen LogP contribution in [0.2, 0.25) is 0 Å². The summed E-state index contributed by atoms with van der Waals surface area (Å²) >= 11 is 0. The van der Waals surface area contributed by atoms with Crippen LogP contribution in [0.15, 0.2) is 59.5 Å². The summed E-state index contributed by atoms with van der Waals surface area (Å²) in [5.41, 5.74) is 11.4. The Morgan fingerprint density at radius 2 is 1.83 bits per heavy atom. The summed E-state index contributed by atoms with van der Waals surface area (Å²) in [6.45, 7) is 3.65. The minimum absolute atomic E-state index is 0.0735. The summed E-state index contributed by atoms with van der Waals surface area (Å²) in [6.07, 6.45) is 1.73. The number of nitrogens with one attached hydrogen (secondary N) is 1. The first-order valence-corrected chi connectivity index (χ1v) is 10.9. The minimum Gasteiger partial charge on any atom is -0.390 e. The van der Waals surface area contributed by atoms with Gasteiger partial charge in [-0.25, -0.2) is 14.2 Å². The molecule has 176 valence electrons. The third-order valence-corrected chi connectivity index (χ3v) is 5.68. The molecule has 35 heavy (non-hydrogen) atoms. The van der Waals surface area contributed by atoms with Crippen molar-refractivity contribution in [3.05, 3.63) is 93.7 Å². The first kappa shape index (κ1) is 22.4. The van der Waals surface area contributed by atoms with Gasteiger partial charge in [0.1, 0.15) is 11.5 Å². The van der Waals surface area contributed by atoms with Gasteiger partial charge in [0, 0.05) is 17.5 Å². The lowest BCUT2D eigenvalue weighted by molar-refractivity contribution is -0.351. The molecule has 5 rings (SSSR count). The van der Waals surface area contributed by atoms with Gasteiger partial charge in [-0.05, 0) is 67.4 Å². The van der Waals surface area contributed by atoms with E-state index in [4.69, 9.17) is 5.73 Å². The second-order valence-corrected chi connectivity index (χ2v) is 8.34. The highest BCUT2D eigenvalue weighted by molar-refractivity contribution is 5.88. The molecule has 5 aromatic rings. The van der Waals surface area contributed by atoms with E-state index in [-0.39, 0.29) is 24.9 Å². The Hall–Kier alpha value is -4.44. The van der Waals surface area contributed by atoms with Crippen LogP contribution >= 0.6 is 0 Å². The summed E-state index contributed by atoms with van der Waals surface area (Å²) in [7, 11) is 0. The van der Waals surface area contributed by atoms with Gasteiger partial charge in [-0.1, -0.05) is 6.07 Å². The maximum Gasteiger partial charge on any atom is 0.411 e. The second kappa shape index (κ2) is 8.73. The van der Waals surface area contributed by atoms with Gasteiger partial charge in [0.15, 0.2) is 0 Å². The van der Waals surface area contributed by atoms with Crippen LogP contribution in [0.4, 0.5) is 10.3 Å². The average Bonchev–Trinajstić information content (AvgIpc) is 3.16. The van der Waals surface area contributed by atoms with Gasteiger partial charge < -0.3 is 5.11 Å². The number of aliphatic hydroxyl groups is 1. The molecular weight excluding hydrogens is 449 g/mol. The van der Waals surface area contributed by atoms with Crippen molar-refractivity contribution in [1.82, 2.24) is 24.1 Å². The fourth-order valence-corrected chi connectivity index (χ4v) is 4.06. The molecule has 0 aliphatic heterocycles. The summed E-state index contributed by atoms with van der Waals surface area (Å²) in [5, 5.41) is 14.4. The minimum atomic E-state index is -0.434. The summed E-state index contributed by atoms with van der Waals surface area (Å²) < 4.78 is 16.3. The van der Waals surface area contributed by atoms with Crippen molar-refractivity contribution >= 4 is 11.6 Å². The van der Waals surface area contributed by atoms with Crippen molar-refractivity contribution in [2.75, 3.05) is 5.73 Å². The van der Waals surface area contributed by atoms with Crippen LogP contribution in [0.5, 0.6) is 0 Å². The third kappa shape index (κ3) is 4.15. The molecule has 0 aliphatic carbocycles. The number of rotatable bonds is 5. The van der Waals surface area contributed by atoms with E-state index in [9.17, 15) is 14.3 Å². The standard InChI is InChI=1S/C25H22FN7O2/c1-14-3-8-19(28-11-14)12-32-25(35)33-23(31-32)21(17-9-15(2)29-20(10-17)13-34)22(30-24(33)27)16-4-6-18(26)7-5-16/h3-11,34H,12-13H2,1-2H3,(H2,27,30)/p+1. The number of nitrogens with two attached hydrogens (primary N) is 1. The van der Waals surface area contributed by atoms with Crippen LogP contribution < -0.4 is 16.4 Å². The van der Waals surface area contributed by atoms with Crippen molar-refractivity contribution in [1.29, 1.82) is 0 Å². The van der Waals surface area contributed by atoms with E-state index in [0.29, 0.717) is 45.1 Å². The topological polar surface area (TPSA) is 125 Å². The lowest BCUT2D eigenvalue weighted by Crippen LogP contribution is -2.28. The zero-order valence-corrected chi connectivity index (χ0v) is 19.2. The molecule has 0 bridgehead atoms. The number of halogens is 1. The molecule has 0 atom stereocenters. The molecule has 9 nitrogen and oxygen atoms in total. The number of hydrogen-bond donors (Lipinski definition) is 2. The largest absolute Gasteiger partial charge is 0.411 e. The second-order valence-electron chi connectivity index (χ2n) is 8.34. The first-order chi connectivity index (χ1) is 16.8. The Labute approximate surface area is 199 Å². The van der Waals surface area contributed by atoms with E-state index < -0.39 is 5.69 Å². The summed E-state index contributed by atoms with van der Waals surface area (Å²) in [4.78, 5) is 25.1. The molecule has 0 amide bonds. The number of anilines is 1. The van der Waals surface area contributed by atoms with Crippen LogP contribution in [0.3, 0.4) is 0 Å². The van der Waals surface area contributed by atoms with Gasteiger partial charge in [0.25, 0.3) is 0 Å². The van der Waals surface area contributed by atoms with Gasteiger partial charge in [0.2, 0.25) is 5.65 Å². The zero-order chi connectivity index (χ0) is 24.7. The third-order valence-electron chi connectivity index (χ3n) is 5.68. The molecule has 0 aliphatic rings. The first-order valence-electron chi connectivity index (χ1n) is 10.9. The molecule has 0 saturated carbocycles. The van der Waals surface area contributed by atoms with Crippen LogP contribution in [0, 0.1) is 19.7 Å². The smallest absolute Gasteiger partial charge is 0.390 e. The molecule has 10 heteroatoms. The Morgan fingerprint density at radius 1 is 1.06 bits per heavy atom. The van der Waals surface area contributed by atoms with Gasteiger partial charge in [0.05, 0.1) is 30.1 Å². The van der Waals surface area contributed by atoms with Crippen molar-refractivity contribution in [3.8, 4) is 22.4 Å². The number of aryl methyl sites for hydroxylation is 2. The summed E-state index contributed by atoms with van der Waals surface area (Å²) in [5.74, 6) is -0.304. The highest BCUT2D eigenvalue weighted by atomic mass is 19.1. The van der Waals surface area contributed by atoms with Crippen molar-refractivity contribution < 1.29 is 14.5 Å². The van der Waals surface area contributed by atoms with Crippen LogP contribution in [-0.2, 0) is 13.2 Å². The molecule has 4 aromatic heterocycles. The Bertz CT molecular complexity index is 1610. The predicted molar refractivity (Wildman–Crippen MR) is 128 cm³/mol. The molecule has 0 spiro atoms. The van der Waals surface area contributed by atoms with E-state index >= 15 is 0 Å². The number of benzene rings is 1. The molecular formula is C25H23FN7O2+. The van der Waals surface area contributed by atoms with Gasteiger partial charge in [-0.15, -0.1) is 9.50 Å². The molecule has 1 aromatic carbocycles. The Balaban J connectivity index is 1.81. The van der Waals surface area contributed by atoms with Crippen LogP contribution in [0.25, 0.3) is 28.0 Å². The van der Waals surface area contributed by atoms with Crippen LogP contribution in [-0.4, -0.2) is 29.3 Å².